The first kappa shape index (κ1) is 16.3. The Morgan fingerprint density at radius 2 is 2.00 bits per heavy atom. The van der Waals surface area contributed by atoms with E-state index in [9.17, 15) is 14.4 Å². The van der Waals surface area contributed by atoms with Crippen molar-refractivity contribution in [2.45, 2.75) is 6.92 Å². The van der Waals surface area contributed by atoms with Gasteiger partial charge in [-0.1, -0.05) is 6.07 Å². The number of carbonyl (C=O) groups is 2. The van der Waals surface area contributed by atoms with Crippen molar-refractivity contribution < 1.29 is 19.1 Å². The maximum absolute atomic E-state index is 12.0. The van der Waals surface area contributed by atoms with Crippen LogP contribution in [0.3, 0.4) is 0 Å². The highest BCUT2D eigenvalue weighted by Gasteiger charge is 2.10. The van der Waals surface area contributed by atoms with Crippen molar-refractivity contribution in [1.82, 2.24) is 4.57 Å². The molecule has 0 aliphatic rings. The van der Waals surface area contributed by atoms with E-state index in [2.05, 4.69) is 10.1 Å². The van der Waals surface area contributed by atoms with Crippen molar-refractivity contribution in [2.24, 2.45) is 0 Å². The molecule has 0 saturated carbocycles. The second kappa shape index (κ2) is 7.26. The van der Waals surface area contributed by atoms with Crippen LogP contribution in [0.25, 0.3) is 5.69 Å². The van der Waals surface area contributed by atoms with E-state index in [1.165, 1.54) is 30.0 Å². The third-order valence-corrected chi connectivity index (χ3v) is 2.98. The second-order valence-corrected chi connectivity index (χ2v) is 4.51. The Morgan fingerprint density at radius 1 is 1.22 bits per heavy atom. The number of rotatable bonds is 4. The number of nitrogens with zero attached hydrogens (tertiary/aromatic N) is 1. The maximum Gasteiger partial charge on any atom is 0.411 e. The number of anilines is 1. The molecular formula is C16H16N2O5. The molecule has 1 amide bonds. The zero-order chi connectivity index (χ0) is 16.8. The van der Waals surface area contributed by atoms with Crippen molar-refractivity contribution in [3.8, 4) is 5.69 Å². The number of nitrogens with one attached hydrogen (secondary N) is 1. The Balaban J connectivity index is 2.39. The Labute approximate surface area is 132 Å². The molecule has 7 nitrogen and oxygen atoms in total. The molecule has 2 aromatic rings. The topological polar surface area (TPSA) is 86.6 Å². The van der Waals surface area contributed by atoms with E-state index in [0.717, 1.165) is 0 Å². The summed E-state index contributed by atoms with van der Waals surface area (Å²) in [6, 6.07) is 9.29. The molecule has 0 atom stereocenters. The van der Waals surface area contributed by atoms with Gasteiger partial charge in [0, 0.05) is 18.0 Å². The number of amides is 1. The van der Waals surface area contributed by atoms with Crippen molar-refractivity contribution >= 4 is 17.7 Å². The summed E-state index contributed by atoms with van der Waals surface area (Å²) in [4.78, 5) is 35.1. The van der Waals surface area contributed by atoms with E-state index in [4.69, 9.17) is 4.74 Å². The number of esters is 1. The van der Waals surface area contributed by atoms with Crippen LogP contribution in [-0.4, -0.2) is 30.3 Å². The molecule has 0 saturated heterocycles. The van der Waals surface area contributed by atoms with Crippen molar-refractivity contribution in [3.63, 3.8) is 0 Å². The number of ether oxygens (including phenoxy) is 2. The summed E-state index contributed by atoms with van der Waals surface area (Å²) in [7, 11) is 1.26. The fourth-order valence-corrected chi connectivity index (χ4v) is 1.93. The van der Waals surface area contributed by atoms with E-state index in [1.54, 1.807) is 31.2 Å². The van der Waals surface area contributed by atoms with Gasteiger partial charge in [-0.2, -0.15) is 0 Å². The van der Waals surface area contributed by atoms with Crippen LogP contribution >= 0.6 is 0 Å². The highest BCUT2D eigenvalue weighted by atomic mass is 16.5. The third kappa shape index (κ3) is 3.97. The first-order valence-electron chi connectivity index (χ1n) is 6.90. The summed E-state index contributed by atoms with van der Waals surface area (Å²) in [5.41, 5.74) is 0.906. The molecule has 0 aliphatic carbocycles. The Hall–Kier alpha value is -3.09. The quantitative estimate of drug-likeness (QED) is 0.874. The van der Waals surface area contributed by atoms with Crippen molar-refractivity contribution in [3.05, 3.63) is 58.5 Å². The van der Waals surface area contributed by atoms with Crippen LogP contribution < -0.4 is 10.9 Å². The molecule has 2 rings (SSSR count). The van der Waals surface area contributed by atoms with Gasteiger partial charge in [-0.3, -0.25) is 14.7 Å². The molecule has 1 aromatic carbocycles. The lowest BCUT2D eigenvalue weighted by atomic mass is 10.2. The van der Waals surface area contributed by atoms with Gasteiger partial charge < -0.3 is 9.47 Å². The molecule has 0 spiro atoms. The fourth-order valence-electron chi connectivity index (χ4n) is 1.93. The summed E-state index contributed by atoms with van der Waals surface area (Å²) in [5, 5.41) is 2.51. The Bertz CT molecular complexity index is 782. The molecule has 0 unspecified atom stereocenters. The normalized spacial score (nSPS) is 10.0. The molecule has 0 bridgehead atoms. The zero-order valence-corrected chi connectivity index (χ0v) is 12.7. The van der Waals surface area contributed by atoms with E-state index in [1.807, 2.05) is 0 Å². The van der Waals surface area contributed by atoms with Gasteiger partial charge in [-0.15, -0.1) is 0 Å². The van der Waals surface area contributed by atoms with E-state index >= 15 is 0 Å². The third-order valence-electron chi connectivity index (χ3n) is 2.98. The van der Waals surface area contributed by atoms with E-state index in [0.29, 0.717) is 11.4 Å². The van der Waals surface area contributed by atoms with Gasteiger partial charge in [0.25, 0.3) is 5.56 Å². The lowest BCUT2D eigenvalue weighted by Crippen LogP contribution is -2.19. The number of pyridine rings is 1. The number of carbonyl (C=O) groups excluding carboxylic acids is 2. The van der Waals surface area contributed by atoms with Crippen LogP contribution in [-0.2, 0) is 9.47 Å². The Morgan fingerprint density at radius 3 is 2.70 bits per heavy atom. The summed E-state index contributed by atoms with van der Waals surface area (Å²) in [5.74, 6) is -0.509. The fraction of sp³-hybridized carbons (Fsp3) is 0.188. The summed E-state index contributed by atoms with van der Waals surface area (Å²) >= 11 is 0. The van der Waals surface area contributed by atoms with Crippen LogP contribution in [0.1, 0.15) is 17.3 Å². The second-order valence-electron chi connectivity index (χ2n) is 4.51. The number of benzene rings is 1. The SMILES string of the molecule is CCOC(=O)c1ccc(=O)n(-c2cccc(NC(=O)OC)c2)c1. The van der Waals surface area contributed by atoms with Crippen LogP contribution in [0.5, 0.6) is 0 Å². The first-order chi connectivity index (χ1) is 11.0. The average Bonchev–Trinajstić information content (AvgIpc) is 2.55. The Kier molecular flexibility index (Phi) is 5.14. The largest absolute Gasteiger partial charge is 0.462 e. The average molecular weight is 316 g/mol. The minimum absolute atomic E-state index is 0.247. The number of hydrogen-bond acceptors (Lipinski definition) is 5. The van der Waals surface area contributed by atoms with Gasteiger partial charge in [0.2, 0.25) is 0 Å². The van der Waals surface area contributed by atoms with Crippen LogP contribution in [0, 0.1) is 0 Å². The highest BCUT2D eigenvalue weighted by molar-refractivity contribution is 5.89. The summed E-state index contributed by atoms with van der Waals surface area (Å²) in [6.07, 6.45) is 0.784. The van der Waals surface area contributed by atoms with Gasteiger partial charge >= 0.3 is 12.1 Å². The predicted molar refractivity (Wildman–Crippen MR) is 84.0 cm³/mol. The first-order valence-corrected chi connectivity index (χ1v) is 6.90. The summed E-state index contributed by atoms with van der Waals surface area (Å²) in [6.45, 7) is 1.95. The van der Waals surface area contributed by atoms with Crippen LogP contribution in [0.4, 0.5) is 10.5 Å². The van der Waals surface area contributed by atoms with Crippen LogP contribution in [0.2, 0.25) is 0 Å². The smallest absolute Gasteiger partial charge is 0.411 e. The minimum atomic E-state index is -0.616. The van der Waals surface area contributed by atoms with Gasteiger partial charge in [0.05, 0.1) is 25.0 Å². The predicted octanol–water partition coefficient (Wildman–Crippen LogP) is 2.19. The van der Waals surface area contributed by atoms with E-state index in [-0.39, 0.29) is 17.7 Å². The van der Waals surface area contributed by atoms with Crippen molar-refractivity contribution in [1.29, 1.82) is 0 Å². The highest BCUT2D eigenvalue weighted by Crippen LogP contribution is 2.14. The molecular weight excluding hydrogens is 300 g/mol. The monoisotopic (exact) mass is 316 g/mol. The van der Waals surface area contributed by atoms with Gasteiger partial charge in [0.15, 0.2) is 0 Å². The number of hydrogen-bond donors (Lipinski definition) is 1. The molecule has 1 aromatic heterocycles. The van der Waals surface area contributed by atoms with Gasteiger partial charge in [-0.25, -0.2) is 9.59 Å². The molecule has 120 valence electrons. The molecule has 23 heavy (non-hydrogen) atoms. The molecule has 1 N–H and O–H groups in total. The lowest BCUT2D eigenvalue weighted by Gasteiger charge is -2.10. The number of aromatic nitrogens is 1. The van der Waals surface area contributed by atoms with Crippen molar-refractivity contribution in [2.75, 3.05) is 19.0 Å². The summed E-state index contributed by atoms with van der Waals surface area (Å²) < 4.78 is 10.7. The zero-order valence-electron chi connectivity index (χ0n) is 12.7. The maximum atomic E-state index is 12.0. The lowest BCUT2D eigenvalue weighted by molar-refractivity contribution is 0.0525. The van der Waals surface area contributed by atoms with Crippen LogP contribution in [0.15, 0.2) is 47.4 Å². The van der Waals surface area contributed by atoms with Gasteiger partial charge in [0.1, 0.15) is 0 Å². The number of methoxy groups -OCH3 is 1. The minimum Gasteiger partial charge on any atom is -0.462 e. The van der Waals surface area contributed by atoms with Gasteiger partial charge in [-0.05, 0) is 31.2 Å². The molecule has 1 heterocycles. The molecule has 0 aliphatic heterocycles. The van der Waals surface area contributed by atoms with E-state index < -0.39 is 12.1 Å². The molecule has 0 fully saturated rings. The molecule has 0 radical (unpaired) electrons. The molecule has 7 heteroatoms. The standard InChI is InChI=1S/C16H16N2O5/c1-3-23-15(20)11-7-8-14(19)18(10-11)13-6-4-5-12(9-13)17-16(21)22-2/h4-10H,3H2,1-2H3,(H,17,21).